The number of aromatic nitrogens is 2. The SMILES string of the molecule is Cc1cc(C2CN(C(=O)OC(C)(C)C)C2)n(C(C)C)n1. The average molecular weight is 279 g/mol. The van der Waals surface area contributed by atoms with Gasteiger partial charge >= 0.3 is 6.09 Å². The smallest absolute Gasteiger partial charge is 0.410 e. The third kappa shape index (κ3) is 3.14. The monoisotopic (exact) mass is 279 g/mol. The maximum atomic E-state index is 11.9. The normalized spacial score (nSPS) is 16.4. The lowest BCUT2D eigenvalue weighted by molar-refractivity contribution is 0.00743. The minimum absolute atomic E-state index is 0.221. The Kier molecular flexibility index (Phi) is 3.80. The molecule has 1 fully saturated rings. The molecule has 1 aromatic heterocycles. The quantitative estimate of drug-likeness (QED) is 0.835. The standard InChI is InChI=1S/C15H25N3O2/c1-10(2)18-13(7-11(3)16-18)12-8-17(9-12)14(19)20-15(4,5)6/h7,10,12H,8-9H2,1-6H3. The van der Waals surface area contributed by atoms with E-state index < -0.39 is 5.60 Å². The van der Waals surface area contributed by atoms with Crippen molar-refractivity contribution in [2.45, 2.75) is 59.1 Å². The zero-order chi connectivity index (χ0) is 15.1. The van der Waals surface area contributed by atoms with Gasteiger partial charge in [-0.05, 0) is 47.6 Å². The van der Waals surface area contributed by atoms with Crippen molar-refractivity contribution in [1.29, 1.82) is 0 Å². The summed E-state index contributed by atoms with van der Waals surface area (Å²) >= 11 is 0. The van der Waals surface area contributed by atoms with Crippen molar-refractivity contribution < 1.29 is 9.53 Å². The van der Waals surface area contributed by atoms with Gasteiger partial charge in [0.1, 0.15) is 5.60 Å². The Morgan fingerprint density at radius 2 is 2.00 bits per heavy atom. The van der Waals surface area contributed by atoms with Gasteiger partial charge in [0.25, 0.3) is 0 Å². The molecule has 0 radical (unpaired) electrons. The summed E-state index contributed by atoms with van der Waals surface area (Å²) in [6.07, 6.45) is -0.221. The highest BCUT2D eigenvalue weighted by Crippen LogP contribution is 2.30. The minimum atomic E-state index is -0.432. The molecule has 2 heterocycles. The lowest BCUT2D eigenvalue weighted by Gasteiger charge is -2.40. The first-order valence-electron chi connectivity index (χ1n) is 7.21. The number of nitrogens with zero attached hydrogens (tertiary/aromatic N) is 3. The molecule has 5 heteroatoms. The Morgan fingerprint density at radius 1 is 1.40 bits per heavy atom. The summed E-state index contributed by atoms with van der Waals surface area (Å²) in [6, 6.07) is 2.46. The van der Waals surface area contributed by atoms with Gasteiger partial charge in [-0.3, -0.25) is 4.68 Å². The van der Waals surface area contributed by atoms with E-state index in [0.717, 1.165) is 5.69 Å². The van der Waals surface area contributed by atoms with E-state index >= 15 is 0 Å². The fraction of sp³-hybridized carbons (Fsp3) is 0.733. The first-order valence-corrected chi connectivity index (χ1v) is 7.21. The van der Waals surface area contributed by atoms with E-state index in [9.17, 15) is 4.79 Å². The molecule has 112 valence electrons. The molecule has 0 spiro atoms. The van der Waals surface area contributed by atoms with Gasteiger partial charge in [0.2, 0.25) is 0 Å². The molecular formula is C15H25N3O2. The van der Waals surface area contributed by atoms with Crippen LogP contribution in [-0.2, 0) is 4.74 Å². The first-order chi connectivity index (χ1) is 9.17. The summed E-state index contributed by atoms with van der Waals surface area (Å²) in [5.41, 5.74) is 1.82. The Morgan fingerprint density at radius 3 is 2.50 bits per heavy atom. The molecule has 20 heavy (non-hydrogen) atoms. The third-order valence-electron chi connectivity index (χ3n) is 3.33. The van der Waals surface area contributed by atoms with Crippen LogP contribution in [0.2, 0.25) is 0 Å². The predicted octanol–water partition coefficient (Wildman–Crippen LogP) is 3.11. The number of rotatable bonds is 2. The number of ether oxygens (including phenoxy) is 1. The van der Waals surface area contributed by atoms with E-state index in [2.05, 4.69) is 29.7 Å². The summed E-state index contributed by atoms with van der Waals surface area (Å²) in [6.45, 7) is 13.4. The van der Waals surface area contributed by atoms with Gasteiger partial charge < -0.3 is 9.64 Å². The van der Waals surface area contributed by atoms with Crippen LogP contribution < -0.4 is 0 Å². The molecule has 0 unspecified atom stereocenters. The molecule has 0 aromatic carbocycles. The highest BCUT2D eigenvalue weighted by Gasteiger charge is 2.36. The molecular weight excluding hydrogens is 254 g/mol. The van der Waals surface area contributed by atoms with E-state index in [4.69, 9.17) is 4.74 Å². The molecule has 1 aliphatic heterocycles. The highest BCUT2D eigenvalue weighted by molar-refractivity contribution is 5.69. The van der Waals surface area contributed by atoms with Gasteiger partial charge in [-0.25, -0.2) is 4.79 Å². The average Bonchev–Trinajstić information content (AvgIpc) is 2.55. The minimum Gasteiger partial charge on any atom is -0.444 e. The van der Waals surface area contributed by atoms with E-state index in [1.54, 1.807) is 4.90 Å². The van der Waals surface area contributed by atoms with Crippen LogP contribution in [0.1, 0.15) is 58.0 Å². The second kappa shape index (κ2) is 5.11. The van der Waals surface area contributed by atoms with Crippen molar-refractivity contribution in [2.24, 2.45) is 0 Å². The number of hydrogen-bond acceptors (Lipinski definition) is 3. The van der Waals surface area contributed by atoms with Gasteiger partial charge in [-0.15, -0.1) is 0 Å². The number of carbonyl (C=O) groups is 1. The Labute approximate surface area is 120 Å². The van der Waals surface area contributed by atoms with E-state index in [1.807, 2.05) is 27.7 Å². The van der Waals surface area contributed by atoms with Crippen LogP contribution in [-0.4, -0.2) is 39.5 Å². The number of carbonyl (C=O) groups excluding carboxylic acids is 1. The van der Waals surface area contributed by atoms with Crippen LogP contribution >= 0.6 is 0 Å². The van der Waals surface area contributed by atoms with Gasteiger partial charge in [-0.2, -0.15) is 5.10 Å². The first kappa shape index (κ1) is 14.9. The summed E-state index contributed by atoms with van der Waals surface area (Å²) < 4.78 is 7.44. The van der Waals surface area contributed by atoms with E-state index in [-0.39, 0.29) is 6.09 Å². The zero-order valence-electron chi connectivity index (χ0n) is 13.3. The van der Waals surface area contributed by atoms with E-state index in [1.165, 1.54) is 5.69 Å². The number of hydrogen-bond donors (Lipinski definition) is 0. The molecule has 0 N–H and O–H groups in total. The molecule has 0 saturated carbocycles. The maximum Gasteiger partial charge on any atom is 0.410 e. The van der Waals surface area contributed by atoms with Crippen LogP contribution in [0, 0.1) is 6.92 Å². The second-order valence-electron chi connectivity index (χ2n) is 6.83. The number of aryl methyl sites for hydroxylation is 1. The second-order valence-corrected chi connectivity index (χ2v) is 6.83. The van der Waals surface area contributed by atoms with Crippen molar-refractivity contribution in [3.63, 3.8) is 0 Å². The lowest BCUT2D eigenvalue weighted by atomic mass is 9.96. The van der Waals surface area contributed by atoms with Crippen molar-refractivity contribution >= 4 is 6.09 Å². The molecule has 1 saturated heterocycles. The molecule has 0 bridgehead atoms. The molecule has 1 aliphatic rings. The van der Waals surface area contributed by atoms with Crippen molar-refractivity contribution in [1.82, 2.24) is 14.7 Å². The fourth-order valence-electron chi connectivity index (χ4n) is 2.40. The van der Waals surface area contributed by atoms with Gasteiger partial charge in [0.05, 0.1) is 5.69 Å². The van der Waals surface area contributed by atoms with Crippen LogP contribution in [0.15, 0.2) is 6.07 Å². The molecule has 2 rings (SSSR count). The van der Waals surface area contributed by atoms with Crippen molar-refractivity contribution in [3.05, 3.63) is 17.5 Å². The zero-order valence-corrected chi connectivity index (χ0v) is 13.3. The topological polar surface area (TPSA) is 47.4 Å². The maximum absolute atomic E-state index is 11.9. The fourth-order valence-corrected chi connectivity index (χ4v) is 2.40. The summed E-state index contributed by atoms with van der Waals surface area (Å²) in [5, 5.41) is 4.52. The van der Waals surface area contributed by atoms with Crippen molar-refractivity contribution in [2.75, 3.05) is 13.1 Å². The van der Waals surface area contributed by atoms with E-state index in [0.29, 0.717) is 25.0 Å². The third-order valence-corrected chi connectivity index (χ3v) is 3.33. The van der Waals surface area contributed by atoms with Gasteiger partial charge in [0.15, 0.2) is 0 Å². The summed E-state index contributed by atoms with van der Waals surface area (Å²) in [4.78, 5) is 13.7. The summed E-state index contributed by atoms with van der Waals surface area (Å²) in [5.74, 6) is 0.367. The van der Waals surface area contributed by atoms with Crippen LogP contribution in [0.3, 0.4) is 0 Å². The Balaban J connectivity index is 1.98. The Bertz CT molecular complexity index is 494. The molecule has 0 atom stereocenters. The molecule has 5 nitrogen and oxygen atoms in total. The highest BCUT2D eigenvalue weighted by atomic mass is 16.6. The van der Waals surface area contributed by atoms with Crippen LogP contribution in [0.25, 0.3) is 0 Å². The van der Waals surface area contributed by atoms with Crippen LogP contribution in [0.5, 0.6) is 0 Å². The molecule has 0 aliphatic carbocycles. The lowest BCUT2D eigenvalue weighted by Crippen LogP contribution is -2.50. The van der Waals surface area contributed by atoms with Crippen LogP contribution in [0.4, 0.5) is 4.79 Å². The summed E-state index contributed by atoms with van der Waals surface area (Å²) in [7, 11) is 0. The number of amides is 1. The predicted molar refractivity (Wildman–Crippen MR) is 77.9 cm³/mol. The molecule has 1 amide bonds. The molecule has 1 aromatic rings. The number of likely N-dealkylation sites (tertiary alicyclic amines) is 1. The Hall–Kier alpha value is -1.52. The van der Waals surface area contributed by atoms with Crippen molar-refractivity contribution in [3.8, 4) is 0 Å². The largest absolute Gasteiger partial charge is 0.444 e. The van der Waals surface area contributed by atoms with Gasteiger partial charge in [-0.1, -0.05) is 0 Å². The van der Waals surface area contributed by atoms with Gasteiger partial charge in [0, 0.05) is 30.7 Å².